The molecule has 1 fully saturated rings. The Kier molecular flexibility index (Phi) is 7.20. The molecule has 0 radical (unpaired) electrons. The molecule has 1 unspecified atom stereocenters. The highest BCUT2D eigenvalue weighted by atomic mass is 16.5. The summed E-state index contributed by atoms with van der Waals surface area (Å²) in [7, 11) is 3.14. The van der Waals surface area contributed by atoms with Crippen molar-refractivity contribution in [3.05, 3.63) is 59.3 Å². The third kappa shape index (κ3) is 4.87. The molecular weight excluding hydrogens is 456 g/mol. The summed E-state index contributed by atoms with van der Waals surface area (Å²) >= 11 is 0. The van der Waals surface area contributed by atoms with Crippen LogP contribution in [0, 0.1) is 11.3 Å². The molecule has 0 saturated heterocycles. The number of carbonyl (C=O) groups excluding carboxylic acids is 2. The van der Waals surface area contributed by atoms with Gasteiger partial charge in [-0.2, -0.15) is 0 Å². The van der Waals surface area contributed by atoms with Gasteiger partial charge in [0, 0.05) is 29.3 Å². The molecule has 190 valence electrons. The van der Waals surface area contributed by atoms with Crippen LogP contribution in [0.5, 0.6) is 17.2 Å². The quantitative estimate of drug-likeness (QED) is 0.549. The molecule has 1 heterocycles. The maximum Gasteiger partial charge on any atom is 0.254 e. The highest BCUT2D eigenvalue weighted by molar-refractivity contribution is 6.14. The Morgan fingerprint density at radius 3 is 2.44 bits per heavy atom. The summed E-state index contributed by atoms with van der Waals surface area (Å²) in [4.78, 5) is 32.2. The molecule has 1 saturated carbocycles. The molecule has 0 aromatic heterocycles. The number of para-hydroxylation sites is 2. The van der Waals surface area contributed by atoms with Crippen molar-refractivity contribution in [2.24, 2.45) is 16.3 Å². The summed E-state index contributed by atoms with van der Waals surface area (Å²) in [5.41, 5.74) is 3.10. The summed E-state index contributed by atoms with van der Waals surface area (Å²) < 4.78 is 16.7. The fourth-order valence-electron chi connectivity index (χ4n) is 5.34. The van der Waals surface area contributed by atoms with E-state index in [-0.39, 0.29) is 17.1 Å². The second kappa shape index (κ2) is 10.2. The number of anilines is 1. The number of hydrogen-bond acceptors (Lipinski definition) is 6. The maximum absolute atomic E-state index is 13.8. The van der Waals surface area contributed by atoms with Gasteiger partial charge in [-0.25, -0.2) is 0 Å². The largest absolute Gasteiger partial charge is 0.495 e. The second-order valence-electron chi connectivity index (χ2n) is 10.0. The number of hydrogen-bond donors (Lipinski definition) is 1. The van der Waals surface area contributed by atoms with E-state index in [0.29, 0.717) is 53.7 Å². The van der Waals surface area contributed by atoms with Crippen LogP contribution in [0.2, 0.25) is 0 Å². The molecule has 36 heavy (non-hydrogen) atoms. The van der Waals surface area contributed by atoms with E-state index in [0.717, 1.165) is 11.3 Å². The minimum atomic E-state index is -0.511. The first-order valence-corrected chi connectivity index (χ1v) is 12.2. The number of amides is 1. The summed E-state index contributed by atoms with van der Waals surface area (Å²) in [5.74, 6) is 0.504. The highest BCUT2D eigenvalue weighted by Crippen LogP contribution is 2.48. The number of carbonyl (C=O) groups is 2. The molecule has 2 aliphatic rings. The van der Waals surface area contributed by atoms with Crippen molar-refractivity contribution >= 4 is 23.1 Å². The predicted octanol–water partition coefficient (Wildman–Crippen LogP) is 5.56. The molecule has 1 aliphatic carbocycles. The van der Waals surface area contributed by atoms with Crippen LogP contribution < -0.4 is 19.5 Å². The van der Waals surface area contributed by atoms with Crippen LogP contribution in [0.15, 0.2) is 58.7 Å². The van der Waals surface area contributed by atoms with Gasteiger partial charge in [-0.05, 0) is 55.5 Å². The van der Waals surface area contributed by atoms with E-state index >= 15 is 0 Å². The van der Waals surface area contributed by atoms with Gasteiger partial charge in [0.15, 0.2) is 11.5 Å². The van der Waals surface area contributed by atoms with Gasteiger partial charge in [0.2, 0.25) is 0 Å². The van der Waals surface area contributed by atoms with Crippen molar-refractivity contribution in [1.82, 2.24) is 0 Å². The molecule has 4 rings (SSSR count). The lowest BCUT2D eigenvalue weighted by atomic mass is 9.63. The van der Waals surface area contributed by atoms with E-state index in [1.165, 1.54) is 0 Å². The van der Waals surface area contributed by atoms with Gasteiger partial charge >= 0.3 is 0 Å². The Morgan fingerprint density at radius 2 is 1.75 bits per heavy atom. The smallest absolute Gasteiger partial charge is 0.254 e. The number of rotatable bonds is 7. The van der Waals surface area contributed by atoms with E-state index in [1.807, 2.05) is 44.2 Å². The minimum Gasteiger partial charge on any atom is -0.495 e. The SMILES string of the molecule is CCOc1ccc([C@@H]2C(C(=O)Nc3ccccc3OC)=C(C)N=C3CC(C)(C)CC(=O)C32)cc1OC. The lowest BCUT2D eigenvalue weighted by molar-refractivity contribution is -0.124. The lowest BCUT2D eigenvalue weighted by Gasteiger charge is -2.41. The Morgan fingerprint density at radius 1 is 1.03 bits per heavy atom. The van der Waals surface area contributed by atoms with Crippen LogP contribution in [0.3, 0.4) is 0 Å². The first kappa shape index (κ1) is 25.5. The van der Waals surface area contributed by atoms with E-state index in [2.05, 4.69) is 19.2 Å². The zero-order valence-electron chi connectivity index (χ0n) is 21.8. The Hall–Kier alpha value is -3.61. The van der Waals surface area contributed by atoms with Crippen LogP contribution >= 0.6 is 0 Å². The fraction of sp³-hybridized carbons (Fsp3) is 0.414. The van der Waals surface area contributed by atoms with Crippen LogP contribution in [0.4, 0.5) is 5.69 Å². The number of nitrogens with zero attached hydrogens (tertiary/aromatic N) is 1. The molecule has 0 spiro atoms. The Labute approximate surface area is 212 Å². The third-order valence-corrected chi connectivity index (χ3v) is 6.81. The minimum absolute atomic E-state index is 0.0953. The predicted molar refractivity (Wildman–Crippen MR) is 140 cm³/mol. The maximum atomic E-state index is 13.8. The van der Waals surface area contributed by atoms with Crippen molar-refractivity contribution in [3.63, 3.8) is 0 Å². The molecule has 2 aromatic rings. The van der Waals surface area contributed by atoms with Crippen molar-refractivity contribution in [2.45, 2.75) is 46.5 Å². The number of fused-ring (bicyclic) bond motifs is 1. The number of allylic oxidation sites excluding steroid dienone is 1. The zero-order chi connectivity index (χ0) is 26.0. The van der Waals surface area contributed by atoms with E-state index < -0.39 is 11.8 Å². The first-order valence-electron chi connectivity index (χ1n) is 12.2. The van der Waals surface area contributed by atoms with Crippen molar-refractivity contribution < 1.29 is 23.8 Å². The van der Waals surface area contributed by atoms with Crippen molar-refractivity contribution in [1.29, 1.82) is 0 Å². The molecule has 1 N–H and O–H groups in total. The number of ether oxygens (including phenoxy) is 3. The fourth-order valence-corrected chi connectivity index (χ4v) is 5.34. The average Bonchev–Trinajstić information content (AvgIpc) is 2.83. The van der Waals surface area contributed by atoms with Crippen molar-refractivity contribution in [3.8, 4) is 17.2 Å². The van der Waals surface area contributed by atoms with Gasteiger partial charge < -0.3 is 19.5 Å². The first-order chi connectivity index (χ1) is 17.2. The summed E-state index contributed by atoms with van der Waals surface area (Å²) in [5, 5.41) is 2.99. The number of benzene rings is 2. The zero-order valence-corrected chi connectivity index (χ0v) is 21.8. The van der Waals surface area contributed by atoms with Gasteiger partial charge in [-0.3, -0.25) is 14.6 Å². The number of ketones is 1. The van der Waals surface area contributed by atoms with Gasteiger partial charge in [-0.15, -0.1) is 0 Å². The molecular formula is C29H34N2O5. The molecule has 1 aliphatic heterocycles. The Balaban J connectivity index is 1.84. The standard InChI is InChI=1S/C29H34N2O5/c1-7-36-23-13-12-18(14-24(23)35-6)26-25(28(33)31-19-10-8-9-11-22(19)34-5)17(2)30-20-15-29(3,4)16-21(32)27(20)26/h8-14,26-27H,7,15-16H2,1-6H3,(H,31,33)/t26-,27?/m1/s1. The van der Waals surface area contributed by atoms with Gasteiger partial charge in [-0.1, -0.05) is 32.0 Å². The number of Topliss-reactive ketones (excluding diaryl/α,β-unsaturated/α-hetero) is 1. The monoisotopic (exact) mass is 490 g/mol. The van der Waals surface area contributed by atoms with Crippen LogP contribution in [0.1, 0.15) is 52.0 Å². The van der Waals surface area contributed by atoms with E-state index in [9.17, 15) is 9.59 Å². The molecule has 7 heteroatoms. The molecule has 7 nitrogen and oxygen atoms in total. The topological polar surface area (TPSA) is 86.2 Å². The Bertz CT molecular complexity index is 1240. The van der Waals surface area contributed by atoms with E-state index in [4.69, 9.17) is 19.2 Å². The number of nitrogens with one attached hydrogen (secondary N) is 1. The van der Waals surface area contributed by atoms with Crippen molar-refractivity contribution in [2.75, 3.05) is 26.1 Å². The van der Waals surface area contributed by atoms with Crippen LogP contribution in [0.25, 0.3) is 0 Å². The average molecular weight is 491 g/mol. The molecule has 1 amide bonds. The van der Waals surface area contributed by atoms with Gasteiger partial charge in [0.25, 0.3) is 5.91 Å². The van der Waals surface area contributed by atoms with E-state index in [1.54, 1.807) is 26.4 Å². The summed E-state index contributed by atoms with van der Waals surface area (Å²) in [6.07, 6.45) is 1.13. The molecule has 0 bridgehead atoms. The summed E-state index contributed by atoms with van der Waals surface area (Å²) in [6, 6.07) is 12.9. The molecule has 2 aromatic carbocycles. The van der Waals surface area contributed by atoms with Crippen LogP contribution in [-0.2, 0) is 9.59 Å². The molecule has 2 atom stereocenters. The van der Waals surface area contributed by atoms with Crippen LogP contribution in [-0.4, -0.2) is 38.2 Å². The normalized spacial score (nSPS) is 20.8. The number of aliphatic imine (C=N–C) groups is 1. The summed E-state index contributed by atoms with van der Waals surface area (Å²) in [6.45, 7) is 8.41. The van der Waals surface area contributed by atoms with Gasteiger partial charge in [0.05, 0.1) is 32.4 Å². The van der Waals surface area contributed by atoms with Gasteiger partial charge in [0.1, 0.15) is 11.5 Å². The lowest BCUT2D eigenvalue weighted by Crippen LogP contribution is -2.44. The number of methoxy groups -OCH3 is 2. The highest BCUT2D eigenvalue weighted by Gasteiger charge is 2.47. The third-order valence-electron chi connectivity index (χ3n) is 6.81. The second-order valence-corrected chi connectivity index (χ2v) is 10.0.